The molecular formula is C15H15N3OS. The number of furan rings is 1. The van der Waals surface area contributed by atoms with Crippen molar-refractivity contribution in [3.8, 4) is 11.1 Å². The zero-order valence-electron chi connectivity index (χ0n) is 10.8. The fraction of sp³-hybridized carbons (Fsp3) is 0.0667. The molecule has 4 nitrogen and oxygen atoms in total. The van der Waals surface area contributed by atoms with Crippen LogP contribution in [0.4, 0.5) is 17.3 Å². The van der Waals surface area contributed by atoms with Gasteiger partial charge in [-0.05, 0) is 46.2 Å². The largest absolute Gasteiger partial charge is 0.449 e. The Morgan fingerprint density at radius 1 is 1.10 bits per heavy atom. The quantitative estimate of drug-likeness (QED) is 0.637. The minimum atomic E-state index is 0.681. The van der Waals surface area contributed by atoms with Crippen molar-refractivity contribution in [1.29, 1.82) is 0 Å². The molecule has 0 unspecified atom stereocenters. The molecule has 3 rings (SSSR count). The Morgan fingerprint density at radius 2 is 2.00 bits per heavy atom. The van der Waals surface area contributed by atoms with Gasteiger partial charge in [-0.15, -0.1) is 0 Å². The molecule has 0 aliphatic heterocycles. The first-order chi connectivity index (χ1) is 9.74. The summed E-state index contributed by atoms with van der Waals surface area (Å²) in [5.74, 6) is 0.752. The third-order valence-corrected chi connectivity index (χ3v) is 3.88. The molecule has 102 valence electrons. The lowest BCUT2D eigenvalue weighted by Gasteiger charge is -2.09. The molecule has 5 heteroatoms. The van der Waals surface area contributed by atoms with Gasteiger partial charge in [0.25, 0.3) is 0 Å². The molecule has 2 heterocycles. The standard InChI is InChI=1S/C15H15N3OS/c16-11-3-4-14(17)12(6-11)13-9-20-8-10(13)7-18-15-2-1-5-19-15/h1-6,8-9,18H,7,16-17H2. The van der Waals surface area contributed by atoms with Crippen LogP contribution in [-0.2, 0) is 6.54 Å². The first-order valence-corrected chi connectivity index (χ1v) is 7.16. The van der Waals surface area contributed by atoms with Gasteiger partial charge in [0.05, 0.1) is 6.26 Å². The lowest BCUT2D eigenvalue weighted by Crippen LogP contribution is -1.99. The summed E-state index contributed by atoms with van der Waals surface area (Å²) in [4.78, 5) is 0. The molecule has 0 saturated heterocycles. The summed E-state index contributed by atoms with van der Waals surface area (Å²) < 4.78 is 5.27. The molecule has 5 N–H and O–H groups in total. The molecule has 0 amide bonds. The van der Waals surface area contributed by atoms with Crippen LogP contribution >= 0.6 is 11.3 Å². The Bertz CT molecular complexity index is 704. The highest BCUT2D eigenvalue weighted by molar-refractivity contribution is 7.08. The second kappa shape index (κ2) is 5.30. The second-order valence-electron chi connectivity index (χ2n) is 4.49. The first-order valence-electron chi connectivity index (χ1n) is 6.22. The van der Waals surface area contributed by atoms with Gasteiger partial charge in [0.1, 0.15) is 0 Å². The first kappa shape index (κ1) is 12.6. The molecule has 2 aromatic heterocycles. The molecule has 0 spiro atoms. The lowest BCUT2D eigenvalue weighted by atomic mass is 10.0. The molecule has 0 saturated carbocycles. The number of nitrogens with one attached hydrogen (secondary N) is 1. The van der Waals surface area contributed by atoms with Crippen molar-refractivity contribution in [1.82, 2.24) is 0 Å². The van der Waals surface area contributed by atoms with Crippen molar-refractivity contribution in [2.75, 3.05) is 16.8 Å². The summed E-state index contributed by atoms with van der Waals surface area (Å²) in [7, 11) is 0. The highest BCUT2D eigenvalue weighted by Crippen LogP contribution is 2.33. The van der Waals surface area contributed by atoms with Gasteiger partial charge in [0.15, 0.2) is 5.88 Å². The Kier molecular flexibility index (Phi) is 3.35. The number of nitrogens with two attached hydrogens (primary N) is 2. The van der Waals surface area contributed by atoms with Crippen molar-refractivity contribution in [3.05, 3.63) is 52.9 Å². The number of benzene rings is 1. The highest BCUT2D eigenvalue weighted by atomic mass is 32.1. The van der Waals surface area contributed by atoms with E-state index in [2.05, 4.69) is 16.1 Å². The van der Waals surface area contributed by atoms with Crippen LogP contribution < -0.4 is 16.8 Å². The zero-order chi connectivity index (χ0) is 13.9. The van der Waals surface area contributed by atoms with E-state index in [0.29, 0.717) is 12.2 Å². The van der Waals surface area contributed by atoms with Crippen LogP contribution in [0.15, 0.2) is 51.8 Å². The third kappa shape index (κ3) is 2.48. The molecule has 0 bridgehead atoms. The van der Waals surface area contributed by atoms with E-state index < -0.39 is 0 Å². The average Bonchev–Trinajstić information content (AvgIpc) is 3.09. The van der Waals surface area contributed by atoms with E-state index in [1.54, 1.807) is 17.6 Å². The van der Waals surface area contributed by atoms with Crippen molar-refractivity contribution in [3.63, 3.8) is 0 Å². The molecule has 0 radical (unpaired) electrons. The number of nitrogen functional groups attached to an aromatic ring is 2. The highest BCUT2D eigenvalue weighted by Gasteiger charge is 2.10. The van der Waals surface area contributed by atoms with E-state index in [0.717, 1.165) is 22.7 Å². The van der Waals surface area contributed by atoms with Gasteiger partial charge < -0.3 is 21.2 Å². The molecule has 3 aromatic rings. The monoisotopic (exact) mass is 285 g/mol. The third-order valence-electron chi connectivity index (χ3n) is 3.08. The number of rotatable bonds is 4. The van der Waals surface area contributed by atoms with Crippen molar-refractivity contribution in [2.24, 2.45) is 0 Å². The van der Waals surface area contributed by atoms with Gasteiger partial charge in [0.2, 0.25) is 0 Å². The van der Waals surface area contributed by atoms with Crippen LogP contribution in [0.3, 0.4) is 0 Å². The van der Waals surface area contributed by atoms with Gasteiger partial charge in [-0.25, -0.2) is 0 Å². The summed E-state index contributed by atoms with van der Waals surface area (Å²) in [5.41, 5.74) is 16.6. The van der Waals surface area contributed by atoms with E-state index in [-0.39, 0.29) is 0 Å². The van der Waals surface area contributed by atoms with Gasteiger partial charge >= 0.3 is 0 Å². The zero-order valence-corrected chi connectivity index (χ0v) is 11.6. The number of hydrogen-bond donors (Lipinski definition) is 3. The predicted octanol–water partition coefficient (Wildman–Crippen LogP) is 3.78. The van der Waals surface area contributed by atoms with E-state index in [1.807, 2.05) is 30.3 Å². The molecular weight excluding hydrogens is 270 g/mol. The Balaban J connectivity index is 1.88. The van der Waals surface area contributed by atoms with Crippen molar-refractivity contribution >= 4 is 28.6 Å². The van der Waals surface area contributed by atoms with E-state index in [9.17, 15) is 0 Å². The maximum absolute atomic E-state index is 6.05. The average molecular weight is 285 g/mol. The Hall–Kier alpha value is -2.40. The second-order valence-corrected chi connectivity index (χ2v) is 5.23. The molecule has 1 aromatic carbocycles. The molecule has 0 aliphatic rings. The number of hydrogen-bond acceptors (Lipinski definition) is 5. The van der Waals surface area contributed by atoms with E-state index in [4.69, 9.17) is 15.9 Å². The van der Waals surface area contributed by atoms with Gasteiger partial charge in [0, 0.05) is 29.5 Å². The molecule has 20 heavy (non-hydrogen) atoms. The van der Waals surface area contributed by atoms with Gasteiger partial charge in [-0.1, -0.05) is 0 Å². The van der Waals surface area contributed by atoms with Gasteiger partial charge in [-0.3, -0.25) is 0 Å². The fourth-order valence-corrected chi connectivity index (χ4v) is 2.92. The van der Waals surface area contributed by atoms with Crippen LogP contribution in [0.1, 0.15) is 5.56 Å². The maximum Gasteiger partial charge on any atom is 0.192 e. The van der Waals surface area contributed by atoms with Crippen LogP contribution in [-0.4, -0.2) is 0 Å². The summed E-state index contributed by atoms with van der Waals surface area (Å²) in [6.45, 7) is 0.681. The normalized spacial score (nSPS) is 10.6. The number of thiophene rings is 1. The van der Waals surface area contributed by atoms with E-state index >= 15 is 0 Å². The number of anilines is 3. The minimum Gasteiger partial charge on any atom is -0.449 e. The summed E-state index contributed by atoms with van der Waals surface area (Å²) in [5, 5.41) is 7.43. The summed E-state index contributed by atoms with van der Waals surface area (Å²) in [6, 6.07) is 9.31. The van der Waals surface area contributed by atoms with Crippen LogP contribution in [0.2, 0.25) is 0 Å². The Labute approximate surface area is 121 Å². The van der Waals surface area contributed by atoms with Crippen LogP contribution in [0.5, 0.6) is 0 Å². The van der Waals surface area contributed by atoms with E-state index in [1.165, 1.54) is 5.56 Å². The molecule has 0 aliphatic carbocycles. The lowest BCUT2D eigenvalue weighted by molar-refractivity contribution is 0.579. The topological polar surface area (TPSA) is 77.2 Å². The fourth-order valence-electron chi connectivity index (χ4n) is 2.07. The van der Waals surface area contributed by atoms with Crippen LogP contribution in [0.25, 0.3) is 11.1 Å². The minimum absolute atomic E-state index is 0.681. The molecule has 0 atom stereocenters. The SMILES string of the molecule is Nc1ccc(N)c(-c2cscc2CNc2ccco2)c1. The Morgan fingerprint density at radius 3 is 2.80 bits per heavy atom. The maximum atomic E-state index is 6.05. The summed E-state index contributed by atoms with van der Waals surface area (Å²) >= 11 is 1.65. The molecule has 0 fully saturated rings. The summed E-state index contributed by atoms with van der Waals surface area (Å²) in [6.07, 6.45) is 1.65. The van der Waals surface area contributed by atoms with Gasteiger partial charge in [-0.2, -0.15) is 11.3 Å². The van der Waals surface area contributed by atoms with Crippen LogP contribution in [0, 0.1) is 0 Å². The predicted molar refractivity (Wildman–Crippen MR) is 84.6 cm³/mol. The van der Waals surface area contributed by atoms with Crippen molar-refractivity contribution < 1.29 is 4.42 Å². The van der Waals surface area contributed by atoms with Crippen molar-refractivity contribution in [2.45, 2.75) is 6.54 Å². The smallest absolute Gasteiger partial charge is 0.192 e.